The molecule has 1 heterocycles. The molecule has 1 nitrogen and oxygen atoms in total. The Morgan fingerprint density at radius 1 is 1.23 bits per heavy atom. The van der Waals surface area contributed by atoms with Crippen molar-refractivity contribution in [1.82, 2.24) is 0 Å². The average Bonchev–Trinajstić information content (AvgIpc) is 2.32. The van der Waals surface area contributed by atoms with Crippen LogP contribution in [0.2, 0.25) is 0 Å². The van der Waals surface area contributed by atoms with Crippen LogP contribution in [0.5, 0.6) is 0 Å². The number of thioether (sulfide) groups is 1. The van der Waals surface area contributed by atoms with Crippen LogP contribution in [0.1, 0.15) is 20.9 Å². The monoisotopic (exact) mass is 216 g/mol. The van der Waals surface area contributed by atoms with Gasteiger partial charge in [0.1, 0.15) is 0 Å². The third-order valence-corrected chi connectivity index (χ3v) is 4.32. The molecule has 1 rings (SSSR count). The van der Waals surface area contributed by atoms with Crippen LogP contribution in [0.15, 0.2) is 0 Å². The first-order valence-corrected chi connectivity index (χ1v) is 6.38. The summed E-state index contributed by atoms with van der Waals surface area (Å²) in [5.74, 6) is 1.89. The Labute approximate surface area is 88.2 Å². The van der Waals surface area contributed by atoms with E-state index in [0.29, 0.717) is 0 Å². The van der Waals surface area contributed by atoms with E-state index in [1.807, 2.05) is 11.3 Å². The van der Waals surface area contributed by atoms with Crippen molar-refractivity contribution in [2.75, 3.05) is 12.4 Å². The van der Waals surface area contributed by atoms with Crippen LogP contribution in [0.3, 0.4) is 0 Å². The van der Waals surface area contributed by atoms with Gasteiger partial charge in [0.2, 0.25) is 0 Å². The zero-order chi connectivity index (χ0) is 9.84. The zero-order valence-electron chi connectivity index (χ0n) is 8.39. The first kappa shape index (κ1) is 11.1. The first-order valence-electron chi connectivity index (χ1n) is 4.41. The summed E-state index contributed by atoms with van der Waals surface area (Å²) in [6.45, 7) is 6.83. The van der Waals surface area contributed by atoms with Gasteiger partial charge >= 0.3 is 0 Å². The van der Waals surface area contributed by atoms with Crippen molar-refractivity contribution in [3.8, 4) is 0 Å². The topological polar surface area (TPSA) is 20.2 Å². The summed E-state index contributed by atoms with van der Waals surface area (Å²) in [5.41, 5.74) is 2.91. The van der Waals surface area contributed by atoms with Crippen molar-refractivity contribution in [3.05, 3.63) is 20.9 Å². The summed E-state index contributed by atoms with van der Waals surface area (Å²) in [5, 5.41) is 8.67. The Bertz CT molecular complexity index is 279. The highest BCUT2D eigenvalue weighted by molar-refractivity contribution is 7.98. The summed E-state index contributed by atoms with van der Waals surface area (Å²) < 4.78 is 0. The number of thiophene rings is 1. The van der Waals surface area contributed by atoms with Crippen molar-refractivity contribution in [2.45, 2.75) is 26.5 Å². The Hall–Kier alpha value is 0.01000. The Morgan fingerprint density at radius 3 is 2.38 bits per heavy atom. The summed E-state index contributed by atoms with van der Waals surface area (Å²) in [4.78, 5) is 2.86. The van der Waals surface area contributed by atoms with Crippen LogP contribution in [0.25, 0.3) is 0 Å². The van der Waals surface area contributed by atoms with Gasteiger partial charge in [-0.05, 0) is 31.9 Å². The molecule has 0 amide bonds. The molecule has 1 N–H and O–H groups in total. The molecule has 0 atom stereocenters. The molecule has 0 fully saturated rings. The van der Waals surface area contributed by atoms with Gasteiger partial charge in [0.15, 0.2) is 0 Å². The number of rotatable bonds is 4. The van der Waals surface area contributed by atoms with E-state index in [9.17, 15) is 0 Å². The Morgan fingerprint density at radius 2 is 1.92 bits per heavy atom. The number of aryl methyl sites for hydroxylation is 2. The smallest absolute Gasteiger partial charge is 0.0521 e. The minimum atomic E-state index is 0.284. The van der Waals surface area contributed by atoms with Gasteiger partial charge in [0.05, 0.1) is 6.61 Å². The molecule has 74 valence electrons. The molecule has 0 aliphatic carbocycles. The molecule has 0 spiro atoms. The fraction of sp³-hybridized carbons (Fsp3) is 0.600. The van der Waals surface area contributed by atoms with Gasteiger partial charge in [-0.1, -0.05) is 0 Å². The lowest BCUT2D eigenvalue weighted by Gasteiger charge is -2.01. The molecule has 0 saturated heterocycles. The standard InChI is InChI=1S/C10H16OS2/c1-7-8(2)13-9(3)10(7)6-12-5-4-11/h11H,4-6H2,1-3H3. The normalized spacial score (nSPS) is 10.8. The predicted octanol–water partition coefficient (Wildman–Crippen LogP) is 2.90. The van der Waals surface area contributed by atoms with E-state index in [-0.39, 0.29) is 6.61 Å². The Balaban J connectivity index is 2.64. The maximum absolute atomic E-state index is 8.67. The molecule has 0 saturated carbocycles. The van der Waals surface area contributed by atoms with Gasteiger partial charge in [0, 0.05) is 21.3 Å². The maximum Gasteiger partial charge on any atom is 0.0521 e. The summed E-state index contributed by atoms with van der Waals surface area (Å²) in [7, 11) is 0. The third kappa shape index (κ3) is 2.73. The molecular formula is C10H16OS2. The van der Waals surface area contributed by atoms with Crippen LogP contribution in [0.4, 0.5) is 0 Å². The lowest BCUT2D eigenvalue weighted by atomic mass is 10.1. The summed E-state index contributed by atoms with van der Waals surface area (Å²) in [6, 6.07) is 0. The fourth-order valence-electron chi connectivity index (χ4n) is 1.29. The molecule has 13 heavy (non-hydrogen) atoms. The van der Waals surface area contributed by atoms with E-state index in [1.165, 1.54) is 20.9 Å². The van der Waals surface area contributed by atoms with Gasteiger partial charge in [-0.3, -0.25) is 0 Å². The lowest BCUT2D eigenvalue weighted by molar-refractivity contribution is 0.322. The molecular weight excluding hydrogens is 200 g/mol. The molecule has 1 aromatic rings. The van der Waals surface area contributed by atoms with Crippen LogP contribution >= 0.6 is 23.1 Å². The van der Waals surface area contributed by atoms with Crippen molar-refractivity contribution >= 4 is 23.1 Å². The van der Waals surface area contributed by atoms with Crippen LogP contribution in [0, 0.1) is 20.8 Å². The molecule has 0 bridgehead atoms. The van der Waals surface area contributed by atoms with Crippen LogP contribution in [-0.2, 0) is 5.75 Å². The van der Waals surface area contributed by atoms with Gasteiger partial charge in [-0.2, -0.15) is 11.8 Å². The number of hydrogen-bond acceptors (Lipinski definition) is 3. The maximum atomic E-state index is 8.67. The van der Waals surface area contributed by atoms with E-state index in [1.54, 1.807) is 11.8 Å². The third-order valence-electron chi connectivity index (χ3n) is 2.19. The first-order chi connectivity index (χ1) is 6.16. The van der Waals surface area contributed by atoms with Crippen LogP contribution in [-0.4, -0.2) is 17.5 Å². The summed E-state index contributed by atoms with van der Waals surface area (Å²) >= 11 is 3.68. The van der Waals surface area contributed by atoms with E-state index >= 15 is 0 Å². The van der Waals surface area contributed by atoms with E-state index < -0.39 is 0 Å². The minimum absolute atomic E-state index is 0.284. The highest BCUT2D eigenvalue weighted by Gasteiger charge is 2.08. The highest BCUT2D eigenvalue weighted by atomic mass is 32.2. The SMILES string of the molecule is Cc1sc(C)c(CSCCO)c1C. The van der Waals surface area contributed by atoms with Crippen molar-refractivity contribution in [1.29, 1.82) is 0 Å². The van der Waals surface area contributed by atoms with Gasteiger partial charge in [0.25, 0.3) is 0 Å². The Kier molecular flexibility index (Phi) is 4.29. The fourth-order valence-corrected chi connectivity index (χ4v) is 3.38. The molecule has 0 radical (unpaired) electrons. The van der Waals surface area contributed by atoms with Gasteiger partial charge in [-0.15, -0.1) is 11.3 Å². The lowest BCUT2D eigenvalue weighted by Crippen LogP contribution is -1.89. The zero-order valence-corrected chi connectivity index (χ0v) is 10.0. The van der Waals surface area contributed by atoms with Crippen molar-refractivity contribution in [2.24, 2.45) is 0 Å². The van der Waals surface area contributed by atoms with E-state index in [2.05, 4.69) is 20.8 Å². The second-order valence-corrected chi connectivity index (χ2v) is 5.63. The second-order valence-electron chi connectivity index (χ2n) is 3.09. The van der Waals surface area contributed by atoms with Crippen molar-refractivity contribution < 1.29 is 5.11 Å². The molecule has 3 heteroatoms. The van der Waals surface area contributed by atoms with E-state index in [4.69, 9.17) is 5.11 Å². The second kappa shape index (κ2) is 5.03. The minimum Gasteiger partial charge on any atom is -0.396 e. The van der Waals surface area contributed by atoms with Gasteiger partial charge in [-0.25, -0.2) is 0 Å². The number of hydrogen-bond donors (Lipinski definition) is 1. The predicted molar refractivity (Wildman–Crippen MR) is 61.8 cm³/mol. The van der Waals surface area contributed by atoms with Crippen LogP contribution < -0.4 is 0 Å². The largest absolute Gasteiger partial charge is 0.396 e. The van der Waals surface area contributed by atoms with Gasteiger partial charge < -0.3 is 5.11 Å². The van der Waals surface area contributed by atoms with Crippen molar-refractivity contribution in [3.63, 3.8) is 0 Å². The number of aliphatic hydroxyl groups is 1. The quantitative estimate of drug-likeness (QED) is 0.781. The molecule has 0 unspecified atom stereocenters. The molecule has 1 aromatic heterocycles. The average molecular weight is 216 g/mol. The molecule has 0 aromatic carbocycles. The number of aliphatic hydroxyl groups excluding tert-OH is 1. The van der Waals surface area contributed by atoms with E-state index in [0.717, 1.165) is 11.5 Å². The molecule has 0 aliphatic heterocycles. The highest BCUT2D eigenvalue weighted by Crippen LogP contribution is 2.29. The summed E-state index contributed by atoms with van der Waals surface area (Å²) in [6.07, 6.45) is 0. The molecule has 0 aliphatic rings.